The van der Waals surface area contributed by atoms with E-state index in [1.165, 1.54) is 38.5 Å². The summed E-state index contributed by atoms with van der Waals surface area (Å²) in [5.41, 5.74) is 2.86. The molecule has 29 heavy (non-hydrogen) atoms. The molecule has 1 amide bonds. The van der Waals surface area contributed by atoms with Crippen LogP contribution in [0, 0.1) is 30.1 Å². The van der Waals surface area contributed by atoms with Crippen molar-refractivity contribution >= 4 is 28.3 Å². The average Bonchev–Trinajstić information content (AvgIpc) is 3.35. The monoisotopic (exact) mass is 407 g/mol. The summed E-state index contributed by atoms with van der Waals surface area (Å²) < 4.78 is 5.42. The fraction of sp³-hybridized carbons (Fsp3) is 0.522. The van der Waals surface area contributed by atoms with E-state index in [0.29, 0.717) is 22.4 Å². The molecule has 4 aliphatic carbocycles. The van der Waals surface area contributed by atoms with E-state index in [1.54, 1.807) is 11.3 Å². The number of rotatable bonds is 4. The molecule has 0 aliphatic heterocycles. The van der Waals surface area contributed by atoms with Crippen molar-refractivity contribution in [3.63, 3.8) is 0 Å². The number of hydrogen-bond donors (Lipinski definition) is 1. The Morgan fingerprint density at radius 3 is 2.62 bits per heavy atom. The molecule has 4 saturated carbocycles. The highest BCUT2D eigenvalue weighted by Gasteiger charge is 2.50. The second kappa shape index (κ2) is 6.39. The van der Waals surface area contributed by atoms with Gasteiger partial charge in [-0.3, -0.25) is 4.79 Å². The zero-order chi connectivity index (χ0) is 19.6. The highest BCUT2D eigenvalue weighted by atomic mass is 32.1. The van der Waals surface area contributed by atoms with Gasteiger partial charge in [0.05, 0.1) is 27.2 Å². The van der Waals surface area contributed by atoms with Gasteiger partial charge in [-0.1, -0.05) is 11.2 Å². The number of aromatic nitrogens is 2. The van der Waals surface area contributed by atoms with Crippen molar-refractivity contribution in [3.05, 3.63) is 34.8 Å². The van der Waals surface area contributed by atoms with Gasteiger partial charge >= 0.3 is 0 Å². The zero-order valence-electron chi connectivity index (χ0n) is 16.6. The van der Waals surface area contributed by atoms with E-state index in [2.05, 4.69) is 15.5 Å². The van der Waals surface area contributed by atoms with Crippen molar-refractivity contribution in [2.24, 2.45) is 23.2 Å². The number of amides is 1. The lowest BCUT2D eigenvalue weighted by molar-refractivity contribution is -0.0503. The molecule has 0 atom stereocenters. The molecule has 0 unspecified atom stereocenters. The molecule has 6 heteroatoms. The maximum atomic E-state index is 13.3. The van der Waals surface area contributed by atoms with E-state index in [0.717, 1.165) is 40.3 Å². The maximum absolute atomic E-state index is 13.3. The Kier molecular flexibility index (Phi) is 3.89. The van der Waals surface area contributed by atoms with Crippen molar-refractivity contribution in [2.75, 3.05) is 6.54 Å². The van der Waals surface area contributed by atoms with Crippen molar-refractivity contribution in [1.29, 1.82) is 0 Å². The summed E-state index contributed by atoms with van der Waals surface area (Å²) in [6, 6.07) is 5.90. The van der Waals surface area contributed by atoms with Crippen LogP contribution in [-0.2, 0) is 0 Å². The summed E-state index contributed by atoms with van der Waals surface area (Å²) in [4.78, 5) is 18.9. The summed E-state index contributed by atoms with van der Waals surface area (Å²) in [5.74, 6) is 2.63. The third-order valence-electron chi connectivity index (χ3n) is 7.42. The van der Waals surface area contributed by atoms with E-state index < -0.39 is 0 Å². The number of pyridine rings is 1. The SMILES string of the molecule is Cc1noc2nc(-c3cccs3)cc(C(=O)NCC34CC5CC(CC(C5)C3)C4)c12. The molecule has 3 aromatic rings. The van der Waals surface area contributed by atoms with Crippen LogP contribution >= 0.6 is 11.3 Å². The lowest BCUT2D eigenvalue weighted by Crippen LogP contribution is -2.51. The van der Waals surface area contributed by atoms with Crippen LogP contribution in [0.1, 0.15) is 54.6 Å². The third kappa shape index (κ3) is 2.91. The number of aryl methyl sites for hydroxylation is 1. The highest BCUT2D eigenvalue weighted by molar-refractivity contribution is 7.13. The molecule has 4 fully saturated rings. The standard InChI is InChI=1S/C23H25N3O2S/c1-13-20-17(8-18(19-3-2-4-29-19)25-22(20)28-26-13)21(27)24-12-23-9-14-5-15(10-23)7-16(6-14)11-23/h2-4,8,14-16H,5-7,9-12H2,1H3,(H,24,27). The molecule has 3 heterocycles. The van der Waals surface area contributed by atoms with Crippen molar-refractivity contribution in [2.45, 2.75) is 45.4 Å². The number of thiophene rings is 1. The van der Waals surface area contributed by atoms with Crippen LogP contribution in [0.5, 0.6) is 0 Å². The van der Waals surface area contributed by atoms with Crippen LogP contribution in [0.2, 0.25) is 0 Å². The Labute approximate surface area is 173 Å². The Hall–Kier alpha value is -2.21. The van der Waals surface area contributed by atoms with Gasteiger partial charge in [0.15, 0.2) is 0 Å². The topological polar surface area (TPSA) is 68.0 Å². The minimum atomic E-state index is -0.0303. The van der Waals surface area contributed by atoms with Gasteiger partial charge in [0.25, 0.3) is 11.6 Å². The number of fused-ring (bicyclic) bond motifs is 1. The van der Waals surface area contributed by atoms with Crippen LogP contribution in [0.15, 0.2) is 28.1 Å². The third-order valence-corrected chi connectivity index (χ3v) is 8.32. The van der Waals surface area contributed by atoms with Gasteiger partial charge in [0.1, 0.15) is 0 Å². The summed E-state index contributed by atoms with van der Waals surface area (Å²) in [6.45, 7) is 2.66. The van der Waals surface area contributed by atoms with Crippen LogP contribution in [0.3, 0.4) is 0 Å². The van der Waals surface area contributed by atoms with Crippen LogP contribution in [-0.4, -0.2) is 22.6 Å². The van der Waals surface area contributed by atoms with Crippen LogP contribution in [0.25, 0.3) is 21.7 Å². The predicted octanol–water partition coefficient (Wildman–Crippen LogP) is 5.21. The van der Waals surface area contributed by atoms with E-state index in [9.17, 15) is 4.79 Å². The largest absolute Gasteiger partial charge is 0.351 e. The first-order chi connectivity index (χ1) is 14.1. The number of hydrogen-bond acceptors (Lipinski definition) is 5. The smallest absolute Gasteiger partial charge is 0.259 e. The van der Waals surface area contributed by atoms with Gasteiger partial charge in [-0.05, 0) is 86.1 Å². The molecule has 7 rings (SSSR count). The zero-order valence-corrected chi connectivity index (χ0v) is 17.4. The number of carbonyl (C=O) groups excluding carboxylic acids is 1. The van der Waals surface area contributed by atoms with Crippen molar-refractivity contribution in [1.82, 2.24) is 15.5 Å². The first-order valence-electron chi connectivity index (χ1n) is 10.7. The second-order valence-electron chi connectivity index (χ2n) is 9.58. The lowest BCUT2D eigenvalue weighted by Gasteiger charge is -2.56. The minimum Gasteiger partial charge on any atom is -0.351 e. The Bertz CT molecular complexity index is 1050. The Balaban J connectivity index is 1.30. The average molecular weight is 408 g/mol. The molecular weight excluding hydrogens is 382 g/mol. The molecule has 0 radical (unpaired) electrons. The molecule has 1 N–H and O–H groups in total. The summed E-state index contributed by atoms with van der Waals surface area (Å²) in [6.07, 6.45) is 8.13. The van der Waals surface area contributed by atoms with Gasteiger partial charge in [-0.15, -0.1) is 11.3 Å². The number of carbonyl (C=O) groups is 1. The van der Waals surface area contributed by atoms with Gasteiger partial charge in [-0.25, -0.2) is 4.98 Å². The van der Waals surface area contributed by atoms with E-state index in [1.807, 2.05) is 30.5 Å². The van der Waals surface area contributed by atoms with Gasteiger partial charge in [0.2, 0.25) is 0 Å². The van der Waals surface area contributed by atoms with Crippen molar-refractivity contribution < 1.29 is 9.32 Å². The number of nitrogens with zero attached hydrogens (tertiary/aromatic N) is 2. The maximum Gasteiger partial charge on any atom is 0.259 e. The van der Waals surface area contributed by atoms with Gasteiger partial charge in [0, 0.05) is 6.54 Å². The minimum absolute atomic E-state index is 0.0303. The molecule has 4 bridgehead atoms. The van der Waals surface area contributed by atoms with E-state index in [4.69, 9.17) is 4.52 Å². The molecular formula is C23H25N3O2S. The lowest BCUT2D eigenvalue weighted by atomic mass is 9.49. The Morgan fingerprint density at radius 2 is 1.97 bits per heavy atom. The van der Waals surface area contributed by atoms with Gasteiger partial charge in [-0.2, -0.15) is 0 Å². The Morgan fingerprint density at radius 1 is 1.24 bits per heavy atom. The molecule has 5 nitrogen and oxygen atoms in total. The normalized spacial score (nSPS) is 30.2. The fourth-order valence-corrected chi connectivity index (χ4v) is 7.38. The fourth-order valence-electron chi connectivity index (χ4n) is 6.69. The van der Waals surface area contributed by atoms with Crippen molar-refractivity contribution in [3.8, 4) is 10.6 Å². The summed E-state index contributed by atoms with van der Waals surface area (Å²) in [7, 11) is 0. The quantitative estimate of drug-likeness (QED) is 0.645. The highest BCUT2D eigenvalue weighted by Crippen LogP contribution is 2.59. The predicted molar refractivity (Wildman–Crippen MR) is 113 cm³/mol. The first kappa shape index (κ1) is 17.6. The second-order valence-corrected chi connectivity index (χ2v) is 10.5. The molecule has 4 aliphatic rings. The molecule has 0 saturated heterocycles. The first-order valence-corrected chi connectivity index (χ1v) is 11.6. The summed E-state index contributed by atoms with van der Waals surface area (Å²) >= 11 is 1.61. The van der Waals surface area contributed by atoms with Crippen LogP contribution < -0.4 is 5.32 Å². The van der Waals surface area contributed by atoms with E-state index in [-0.39, 0.29) is 5.91 Å². The summed E-state index contributed by atoms with van der Waals surface area (Å²) in [5, 5.41) is 10.1. The molecule has 0 spiro atoms. The van der Waals surface area contributed by atoms with Gasteiger partial charge < -0.3 is 9.84 Å². The van der Waals surface area contributed by atoms with E-state index >= 15 is 0 Å². The van der Waals surface area contributed by atoms with Crippen LogP contribution in [0.4, 0.5) is 0 Å². The molecule has 0 aromatic carbocycles. The molecule has 3 aromatic heterocycles. The molecule has 150 valence electrons. The number of nitrogens with one attached hydrogen (secondary N) is 1.